The summed E-state index contributed by atoms with van der Waals surface area (Å²) in [4.78, 5) is 19.9. The zero-order valence-corrected chi connectivity index (χ0v) is 19.5. The summed E-state index contributed by atoms with van der Waals surface area (Å²) in [5.41, 5.74) is 6.05. The van der Waals surface area contributed by atoms with Gasteiger partial charge in [0.2, 0.25) is 11.8 Å². The van der Waals surface area contributed by atoms with Crippen molar-refractivity contribution in [3.05, 3.63) is 107 Å². The predicted octanol–water partition coefficient (Wildman–Crippen LogP) is 5.45. The molecule has 0 bridgehead atoms. The third kappa shape index (κ3) is 3.99. The van der Waals surface area contributed by atoms with E-state index < -0.39 is 5.97 Å². The lowest BCUT2D eigenvalue weighted by atomic mass is 9.99. The maximum absolute atomic E-state index is 13.0. The minimum absolute atomic E-state index is 0.217. The molecule has 0 amide bonds. The van der Waals surface area contributed by atoms with Crippen LogP contribution in [0.3, 0.4) is 0 Å². The molecule has 0 fully saturated rings. The summed E-state index contributed by atoms with van der Waals surface area (Å²) >= 11 is 0. The van der Waals surface area contributed by atoms with Crippen molar-refractivity contribution in [2.75, 3.05) is 11.6 Å². The van der Waals surface area contributed by atoms with Gasteiger partial charge in [0.05, 0.1) is 24.0 Å². The van der Waals surface area contributed by atoms with Gasteiger partial charge in [-0.1, -0.05) is 77.9 Å². The first-order valence-corrected chi connectivity index (χ1v) is 11.4. The van der Waals surface area contributed by atoms with Gasteiger partial charge in [-0.25, -0.2) is 9.79 Å². The molecule has 3 aromatic rings. The van der Waals surface area contributed by atoms with Crippen molar-refractivity contribution in [3.63, 3.8) is 0 Å². The maximum atomic E-state index is 13.0. The Kier molecular flexibility index (Phi) is 5.72. The zero-order valence-electron chi connectivity index (χ0n) is 19.5. The monoisotopic (exact) mass is 450 g/mol. The third-order valence-electron chi connectivity index (χ3n) is 5.87. The van der Waals surface area contributed by atoms with Crippen molar-refractivity contribution in [3.8, 4) is 0 Å². The van der Waals surface area contributed by atoms with E-state index in [-0.39, 0.29) is 18.5 Å². The van der Waals surface area contributed by atoms with Gasteiger partial charge in [0.1, 0.15) is 0 Å². The largest absolute Gasteiger partial charge is 0.460 e. The average Bonchev–Trinajstić information content (AvgIpc) is 3.25. The van der Waals surface area contributed by atoms with Crippen LogP contribution in [-0.4, -0.2) is 29.3 Å². The molecule has 5 rings (SSSR count). The van der Waals surface area contributed by atoms with Crippen LogP contribution < -0.4 is 5.01 Å². The van der Waals surface area contributed by atoms with Crippen LogP contribution >= 0.6 is 0 Å². The van der Waals surface area contributed by atoms with Gasteiger partial charge in [-0.2, -0.15) is 5.01 Å². The van der Waals surface area contributed by atoms with Gasteiger partial charge in [0.25, 0.3) is 0 Å². The van der Waals surface area contributed by atoms with E-state index in [1.54, 1.807) is 11.9 Å². The van der Waals surface area contributed by atoms with Crippen molar-refractivity contribution in [1.82, 2.24) is 4.90 Å². The fourth-order valence-electron chi connectivity index (χ4n) is 4.08. The highest BCUT2D eigenvalue weighted by atomic mass is 16.5. The molecule has 0 spiro atoms. The van der Waals surface area contributed by atoms with Crippen molar-refractivity contribution in [2.24, 2.45) is 10.1 Å². The Labute approximate surface area is 199 Å². The molecule has 0 radical (unpaired) electrons. The summed E-state index contributed by atoms with van der Waals surface area (Å²) in [7, 11) is 0. The van der Waals surface area contributed by atoms with E-state index in [0.29, 0.717) is 5.96 Å². The number of nitrogens with zero attached hydrogens (tertiary/aromatic N) is 4. The Balaban J connectivity index is 1.68. The van der Waals surface area contributed by atoms with Crippen LogP contribution in [0.15, 0.2) is 95.0 Å². The number of carbonyl (C=O) groups excluding carboxylic acids is 1. The molecule has 170 valence electrons. The first kappa shape index (κ1) is 21.6. The molecule has 0 N–H and O–H groups in total. The van der Waals surface area contributed by atoms with Gasteiger partial charge in [-0.3, -0.25) is 4.90 Å². The van der Waals surface area contributed by atoms with E-state index in [4.69, 9.17) is 14.8 Å². The lowest BCUT2D eigenvalue weighted by Crippen LogP contribution is -2.44. The Morgan fingerprint density at radius 1 is 0.912 bits per heavy atom. The number of carbonyl (C=O) groups is 1. The number of hydrogen-bond acceptors (Lipinski definition) is 6. The quantitative estimate of drug-likeness (QED) is 0.485. The molecule has 1 atom stereocenters. The summed E-state index contributed by atoms with van der Waals surface area (Å²) in [5, 5.41) is 6.41. The lowest BCUT2D eigenvalue weighted by molar-refractivity contribution is -0.135. The SMILES string of the molecule is CCOC(=O)C1=NN(c2ccccc2)C2=NC(c3ccc(C)cc3)=C[C@H](c3ccc(C)cc3)N12. The van der Waals surface area contributed by atoms with Crippen LogP contribution in [-0.2, 0) is 9.53 Å². The Hall–Kier alpha value is -4.19. The van der Waals surface area contributed by atoms with E-state index in [0.717, 1.165) is 22.5 Å². The summed E-state index contributed by atoms with van der Waals surface area (Å²) in [6.07, 6.45) is 2.09. The number of hydrazone groups is 1. The van der Waals surface area contributed by atoms with Gasteiger partial charge >= 0.3 is 5.97 Å². The molecule has 2 aliphatic heterocycles. The molecule has 0 aliphatic carbocycles. The van der Waals surface area contributed by atoms with E-state index in [9.17, 15) is 4.79 Å². The van der Waals surface area contributed by atoms with Crippen LogP contribution in [0.5, 0.6) is 0 Å². The topological polar surface area (TPSA) is 57.5 Å². The van der Waals surface area contributed by atoms with Crippen molar-refractivity contribution < 1.29 is 9.53 Å². The first-order chi connectivity index (χ1) is 16.5. The number of fused-ring (bicyclic) bond motifs is 1. The molecule has 2 aliphatic rings. The molecule has 0 saturated heterocycles. The van der Waals surface area contributed by atoms with Gasteiger partial charge < -0.3 is 4.74 Å². The predicted molar refractivity (Wildman–Crippen MR) is 135 cm³/mol. The molecule has 3 aromatic carbocycles. The smallest absolute Gasteiger partial charge is 0.376 e. The zero-order chi connectivity index (χ0) is 23.7. The lowest BCUT2D eigenvalue weighted by Gasteiger charge is -2.32. The molecular formula is C28H26N4O2. The summed E-state index contributed by atoms with van der Waals surface area (Å²) in [6.45, 7) is 6.18. The second kappa shape index (κ2) is 8.98. The van der Waals surface area contributed by atoms with Crippen molar-refractivity contribution >= 4 is 29.1 Å². The number of hydrogen-bond donors (Lipinski definition) is 0. The first-order valence-electron chi connectivity index (χ1n) is 11.4. The highest BCUT2D eigenvalue weighted by Crippen LogP contribution is 2.37. The highest BCUT2D eigenvalue weighted by Gasteiger charge is 2.43. The Morgan fingerprint density at radius 3 is 2.21 bits per heavy atom. The molecule has 34 heavy (non-hydrogen) atoms. The van der Waals surface area contributed by atoms with Gasteiger partial charge in [0, 0.05) is 5.56 Å². The second-order valence-electron chi connectivity index (χ2n) is 8.35. The number of guanidine groups is 1. The van der Waals surface area contributed by atoms with Gasteiger partial charge in [-0.05, 0) is 44.5 Å². The molecule has 0 aromatic heterocycles. The number of esters is 1. The van der Waals surface area contributed by atoms with Crippen LogP contribution in [0, 0.1) is 13.8 Å². The third-order valence-corrected chi connectivity index (χ3v) is 5.87. The number of para-hydroxylation sites is 1. The van der Waals surface area contributed by atoms with E-state index in [2.05, 4.69) is 68.5 Å². The van der Waals surface area contributed by atoms with E-state index in [1.807, 2.05) is 35.2 Å². The Bertz CT molecular complexity index is 1290. The average molecular weight is 451 g/mol. The molecule has 2 heterocycles. The van der Waals surface area contributed by atoms with Crippen LogP contribution in [0.1, 0.15) is 35.2 Å². The molecule has 0 unspecified atom stereocenters. The molecule has 6 heteroatoms. The van der Waals surface area contributed by atoms with Crippen molar-refractivity contribution in [2.45, 2.75) is 26.8 Å². The number of anilines is 1. The number of aryl methyl sites for hydroxylation is 2. The summed E-state index contributed by atoms with van der Waals surface area (Å²) < 4.78 is 5.37. The summed E-state index contributed by atoms with van der Waals surface area (Å²) in [6, 6.07) is 26.1. The normalized spacial score (nSPS) is 17.0. The van der Waals surface area contributed by atoms with Crippen LogP contribution in [0.4, 0.5) is 5.69 Å². The molecular weight excluding hydrogens is 424 g/mol. The summed E-state index contributed by atoms with van der Waals surface area (Å²) in [5.74, 6) is 0.310. The molecule has 6 nitrogen and oxygen atoms in total. The van der Waals surface area contributed by atoms with E-state index >= 15 is 0 Å². The van der Waals surface area contributed by atoms with Gasteiger partial charge in [-0.15, -0.1) is 5.10 Å². The van der Waals surface area contributed by atoms with Crippen molar-refractivity contribution in [1.29, 1.82) is 0 Å². The number of ether oxygens (including phenoxy) is 1. The minimum atomic E-state index is -0.474. The number of aliphatic imine (C=N–C) groups is 1. The molecule has 0 saturated carbocycles. The number of benzene rings is 3. The fraction of sp³-hybridized carbons (Fsp3) is 0.179. The second-order valence-corrected chi connectivity index (χ2v) is 8.35. The number of amidine groups is 1. The van der Waals surface area contributed by atoms with Crippen LogP contribution in [0.2, 0.25) is 0 Å². The standard InChI is InChI=1S/C28H26N4O2/c1-4-34-27(33)26-30-32(23-8-6-5-7-9-23)28-29-24(21-14-10-19(2)11-15-21)18-25(31(26)28)22-16-12-20(3)13-17-22/h5-18,25H,4H2,1-3H3/t25-/m1/s1. The number of rotatable bonds is 5. The van der Waals surface area contributed by atoms with Crippen LogP contribution in [0.25, 0.3) is 5.70 Å². The minimum Gasteiger partial charge on any atom is -0.460 e. The highest BCUT2D eigenvalue weighted by molar-refractivity contribution is 6.41. The maximum Gasteiger partial charge on any atom is 0.376 e. The fourth-order valence-corrected chi connectivity index (χ4v) is 4.08. The van der Waals surface area contributed by atoms with E-state index in [1.165, 1.54) is 11.1 Å². The Morgan fingerprint density at radius 2 is 1.56 bits per heavy atom. The van der Waals surface area contributed by atoms with Gasteiger partial charge in [0.15, 0.2) is 0 Å².